The Balaban J connectivity index is 1.22. The first-order valence-electron chi connectivity index (χ1n) is 17.2. The smallest absolute Gasteiger partial charge is 0.152 e. The maximum atomic E-state index is 7.04. The third-order valence-corrected chi connectivity index (χ3v) is 10.1. The van der Waals surface area contributed by atoms with Gasteiger partial charge in [-0.3, -0.25) is 4.40 Å². The number of fused-ring (bicyclic) bond motifs is 10. The van der Waals surface area contributed by atoms with E-state index in [1.807, 2.05) is 35.4 Å². The third-order valence-electron chi connectivity index (χ3n) is 10.1. The average molecular weight is 660 g/mol. The molecule has 0 aliphatic carbocycles. The maximum Gasteiger partial charge on any atom is 0.152 e. The van der Waals surface area contributed by atoms with Gasteiger partial charge in [-0.2, -0.15) is 5.10 Å². The van der Waals surface area contributed by atoms with Gasteiger partial charge in [-0.25, -0.2) is 9.67 Å². The van der Waals surface area contributed by atoms with E-state index in [9.17, 15) is 0 Å². The highest BCUT2D eigenvalue weighted by atomic mass is 16.5. The molecule has 4 aromatic heterocycles. The molecular formula is C45H33N5O. The molecule has 0 aliphatic heterocycles. The van der Waals surface area contributed by atoms with Crippen LogP contribution in [0.4, 0.5) is 0 Å². The Kier molecular flexibility index (Phi) is 6.42. The van der Waals surface area contributed by atoms with Gasteiger partial charge in [0.1, 0.15) is 11.4 Å². The zero-order chi connectivity index (χ0) is 34.2. The van der Waals surface area contributed by atoms with Crippen molar-refractivity contribution in [1.29, 1.82) is 0 Å². The van der Waals surface area contributed by atoms with Gasteiger partial charge in [0, 0.05) is 62.8 Å². The Hall–Kier alpha value is -6.66. The van der Waals surface area contributed by atoms with E-state index in [-0.39, 0.29) is 0 Å². The standard InChI is InChI=1S/C45H33N5O/c1-28-24-29(2)41(30(3)25-28)37-20-22-49(47-37)32-14-11-15-33(26-32)51-40-27-36-42(34-16-7-9-18-38(34)48-23-21-46-45(36)48)43-35-17-8-10-19-39(35)50(44(40)43)31-12-5-4-6-13-31/h4-27H,1-3H3. The fourth-order valence-electron chi connectivity index (χ4n) is 8.11. The van der Waals surface area contributed by atoms with E-state index in [1.54, 1.807) is 0 Å². The summed E-state index contributed by atoms with van der Waals surface area (Å²) in [6.07, 6.45) is 5.94. The van der Waals surface area contributed by atoms with Crippen LogP contribution in [-0.4, -0.2) is 23.7 Å². The molecule has 6 aromatic carbocycles. The molecule has 0 fully saturated rings. The predicted molar refractivity (Wildman–Crippen MR) is 208 cm³/mol. The van der Waals surface area contributed by atoms with Gasteiger partial charge in [0.2, 0.25) is 0 Å². The summed E-state index contributed by atoms with van der Waals surface area (Å²) >= 11 is 0. The number of rotatable bonds is 5. The molecule has 51 heavy (non-hydrogen) atoms. The van der Waals surface area contributed by atoms with Crippen LogP contribution in [0.2, 0.25) is 0 Å². The van der Waals surface area contributed by atoms with Gasteiger partial charge in [0.05, 0.1) is 27.9 Å². The minimum atomic E-state index is 0.720. The summed E-state index contributed by atoms with van der Waals surface area (Å²) < 4.78 is 13.5. The number of aryl methyl sites for hydroxylation is 3. The fraction of sp³-hybridized carbons (Fsp3) is 0.0667. The van der Waals surface area contributed by atoms with Crippen LogP contribution < -0.4 is 4.74 Å². The highest BCUT2D eigenvalue weighted by Crippen LogP contribution is 2.46. The van der Waals surface area contributed by atoms with Gasteiger partial charge < -0.3 is 9.30 Å². The summed E-state index contributed by atoms with van der Waals surface area (Å²) in [6.45, 7) is 6.44. The van der Waals surface area contributed by atoms with E-state index < -0.39 is 0 Å². The third kappa shape index (κ3) is 4.50. The topological polar surface area (TPSA) is 49.3 Å². The molecule has 6 nitrogen and oxygen atoms in total. The highest BCUT2D eigenvalue weighted by Gasteiger charge is 2.23. The molecular weight excluding hydrogens is 627 g/mol. The van der Waals surface area contributed by atoms with Crippen LogP contribution in [0, 0.1) is 20.8 Å². The SMILES string of the molecule is Cc1cc(C)c(-c2ccn(-c3cccc(Oc4cc5c(c6ccccc6n6ccnc56)c5c6ccccc6n(-c6ccccc6)c45)c3)n2)c(C)c1. The molecule has 0 N–H and O–H groups in total. The second-order valence-electron chi connectivity index (χ2n) is 13.4. The van der Waals surface area contributed by atoms with E-state index in [2.05, 4.69) is 145 Å². The summed E-state index contributed by atoms with van der Waals surface area (Å²) in [4.78, 5) is 4.88. The summed E-state index contributed by atoms with van der Waals surface area (Å²) in [5.74, 6) is 1.47. The van der Waals surface area contributed by atoms with Crippen LogP contribution in [0.3, 0.4) is 0 Å². The molecule has 0 bridgehead atoms. The van der Waals surface area contributed by atoms with Gasteiger partial charge in [-0.1, -0.05) is 78.4 Å². The molecule has 244 valence electrons. The first-order chi connectivity index (χ1) is 25.0. The fourth-order valence-corrected chi connectivity index (χ4v) is 8.11. The van der Waals surface area contributed by atoms with Gasteiger partial charge in [0.15, 0.2) is 5.75 Å². The predicted octanol–water partition coefficient (Wildman–Crippen LogP) is 11.3. The summed E-state index contributed by atoms with van der Waals surface area (Å²) in [6, 6.07) is 44.6. The summed E-state index contributed by atoms with van der Waals surface area (Å²) in [5.41, 5.74) is 12.0. The van der Waals surface area contributed by atoms with E-state index >= 15 is 0 Å². The van der Waals surface area contributed by atoms with Crippen molar-refractivity contribution in [3.63, 3.8) is 0 Å². The lowest BCUT2D eigenvalue weighted by Crippen LogP contribution is -1.99. The van der Waals surface area contributed by atoms with Crippen molar-refractivity contribution in [1.82, 2.24) is 23.7 Å². The lowest BCUT2D eigenvalue weighted by molar-refractivity contribution is 0.487. The number of pyridine rings is 1. The molecule has 6 heteroatoms. The Morgan fingerprint density at radius 1 is 0.588 bits per heavy atom. The molecule has 0 atom stereocenters. The Bertz CT molecular complexity index is 2960. The Morgan fingerprint density at radius 2 is 1.29 bits per heavy atom. The average Bonchev–Trinajstić information content (AvgIpc) is 3.91. The van der Waals surface area contributed by atoms with Crippen LogP contribution in [-0.2, 0) is 0 Å². The van der Waals surface area contributed by atoms with Crippen LogP contribution in [0.1, 0.15) is 16.7 Å². The number of imidazole rings is 1. The van der Waals surface area contributed by atoms with Crippen molar-refractivity contribution in [2.45, 2.75) is 20.8 Å². The second-order valence-corrected chi connectivity index (χ2v) is 13.4. The molecule has 0 saturated carbocycles. The van der Waals surface area contributed by atoms with Crippen LogP contribution in [0.15, 0.2) is 146 Å². The van der Waals surface area contributed by atoms with E-state index in [4.69, 9.17) is 14.8 Å². The monoisotopic (exact) mass is 659 g/mol. The van der Waals surface area contributed by atoms with Gasteiger partial charge in [-0.15, -0.1) is 0 Å². The van der Waals surface area contributed by atoms with Crippen molar-refractivity contribution in [3.05, 3.63) is 163 Å². The van der Waals surface area contributed by atoms with E-state index in [0.717, 1.165) is 72.3 Å². The molecule has 0 unspecified atom stereocenters. The first-order valence-corrected chi connectivity index (χ1v) is 17.2. The number of benzene rings is 6. The molecule has 0 spiro atoms. The lowest BCUT2D eigenvalue weighted by Gasteiger charge is -2.16. The molecule has 0 aliphatic rings. The number of nitrogens with zero attached hydrogens (tertiary/aromatic N) is 5. The normalized spacial score (nSPS) is 11.8. The maximum absolute atomic E-state index is 7.04. The van der Waals surface area contributed by atoms with E-state index in [1.165, 1.54) is 27.6 Å². The largest absolute Gasteiger partial charge is 0.455 e. The van der Waals surface area contributed by atoms with Crippen molar-refractivity contribution < 1.29 is 4.74 Å². The molecule has 0 radical (unpaired) electrons. The van der Waals surface area contributed by atoms with Crippen LogP contribution in [0.5, 0.6) is 11.5 Å². The molecule has 10 rings (SSSR count). The number of hydrogen-bond acceptors (Lipinski definition) is 3. The van der Waals surface area contributed by atoms with Crippen LogP contribution >= 0.6 is 0 Å². The van der Waals surface area contributed by atoms with Gasteiger partial charge >= 0.3 is 0 Å². The van der Waals surface area contributed by atoms with Crippen molar-refractivity contribution in [2.24, 2.45) is 0 Å². The highest BCUT2D eigenvalue weighted by molar-refractivity contribution is 6.31. The number of para-hydroxylation sites is 3. The zero-order valence-corrected chi connectivity index (χ0v) is 28.5. The van der Waals surface area contributed by atoms with Crippen molar-refractivity contribution in [3.8, 4) is 34.1 Å². The number of aromatic nitrogens is 5. The van der Waals surface area contributed by atoms with E-state index in [0.29, 0.717) is 0 Å². The zero-order valence-electron chi connectivity index (χ0n) is 28.5. The number of ether oxygens (including phenoxy) is 1. The quantitative estimate of drug-likeness (QED) is 0.173. The van der Waals surface area contributed by atoms with Gasteiger partial charge in [-0.05, 0) is 80.4 Å². The summed E-state index contributed by atoms with van der Waals surface area (Å²) in [7, 11) is 0. The lowest BCUT2D eigenvalue weighted by atomic mass is 9.98. The van der Waals surface area contributed by atoms with Crippen molar-refractivity contribution in [2.75, 3.05) is 0 Å². The van der Waals surface area contributed by atoms with Gasteiger partial charge in [0.25, 0.3) is 0 Å². The second kappa shape index (κ2) is 11.2. The minimum absolute atomic E-state index is 0.720. The molecule has 0 saturated heterocycles. The molecule has 4 heterocycles. The minimum Gasteiger partial charge on any atom is -0.455 e. The number of hydrogen-bond donors (Lipinski definition) is 0. The Morgan fingerprint density at radius 3 is 2.10 bits per heavy atom. The van der Waals surface area contributed by atoms with Crippen molar-refractivity contribution >= 4 is 49.1 Å². The summed E-state index contributed by atoms with van der Waals surface area (Å²) in [5, 5.41) is 10.7. The molecule has 0 amide bonds. The van der Waals surface area contributed by atoms with Crippen LogP contribution in [0.25, 0.3) is 71.8 Å². The molecule has 10 aromatic rings. The Labute approximate surface area is 294 Å². The first kappa shape index (κ1) is 29.3.